The first-order valence-electron chi connectivity index (χ1n) is 5.26. The first-order valence-corrected chi connectivity index (χ1v) is 6.38. The second-order valence-electron chi connectivity index (χ2n) is 4.08. The van der Waals surface area contributed by atoms with Crippen LogP contribution in [-0.4, -0.2) is 68.1 Å². The van der Waals surface area contributed by atoms with Crippen molar-refractivity contribution < 1.29 is 4.74 Å². The molecule has 0 aliphatic carbocycles. The molecule has 1 fully saturated rings. The monoisotopic (exact) mass is 264 g/mol. The van der Waals surface area contributed by atoms with Gasteiger partial charge in [-0.1, -0.05) is 15.9 Å². The zero-order valence-corrected chi connectivity index (χ0v) is 10.8. The standard InChI is InChI=1S/C10H21BrN2O/c1-12(2)4-3-5-13-6-7-14-9-10(13)8-11/h10H,3-9H2,1-2H3. The highest BCUT2D eigenvalue weighted by molar-refractivity contribution is 9.09. The molecule has 0 aromatic rings. The van der Waals surface area contributed by atoms with Crippen LogP contribution in [0, 0.1) is 0 Å². The highest BCUT2D eigenvalue weighted by Gasteiger charge is 2.20. The minimum Gasteiger partial charge on any atom is -0.378 e. The van der Waals surface area contributed by atoms with Gasteiger partial charge in [-0.05, 0) is 33.6 Å². The van der Waals surface area contributed by atoms with Crippen LogP contribution in [0.25, 0.3) is 0 Å². The fourth-order valence-corrected chi connectivity index (χ4v) is 2.31. The van der Waals surface area contributed by atoms with Crippen LogP contribution in [0.2, 0.25) is 0 Å². The van der Waals surface area contributed by atoms with Gasteiger partial charge in [0.25, 0.3) is 0 Å². The molecule has 0 saturated carbocycles. The summed E-state index contributed by atoms with van der Waals surface area (Å²) in [6.45, 7) is 5.23. The van der Waals surface area contributed by atoms with E-state index in [4.69, 9.17) is 4.74 Å². The van der Waals surface area contributed by atoms with Gasteiger partial charge in [0.1, 0.15) is 0 Å². The average molecular weight is 265 g/mol. The van der Waals surface area contributed by atoms with E-state index in [1.165, 1.54) is 19.5 Å². The first kappa shape index (κ1) is 12.4. The van der Waals surface area contributed by atoms with E-state index >= 15 is 0 Å². The number of hydrogen-bond donors (Lipinski definition) is 0. The lowest BCUT2D eigenvalue weighted by molar-refractivity contribution is 0.000934. The summed E-state index contributed by atoms with van der Waals surface area (Å²) in [7, 11) is 4.25. The van der Waals surface area contributed by atoms with E-state index in [1.807, 2.05) is 0 Å². The lowest BCUT2D eigenvalue weighted by atomic mass is 10.2. The van der Waals surface area contributed by atoms with Crippen LogP contribution < -0.4 is 0 Å². The van der Waals surface area contributed by atoms with E-state index in [2.05, 4.69) is 39.8 Å². The maximum Gasteiger partial charge on any atom is 0.0630 e. The number of hydrogen-bond acceptors (Lipinski definition) is 3. The van der Waals surface area contributed by atoms with Crippen molar-refractivity contribution in [3.8, 4) is 0 Å². The van der Waals surface area contributed by atoms with Gasteiger partial charge in [-0.3, -0.25) is 4.90 Å². The fourth-order valence-electron chi connectivity index (χ4n) is 1.72. The Bertz CT molecular complexity index is 155. The molecule has 1 aliphatic heterocycles. The average Bonchev–Trinajstić information content (AvgIpc) is 2.18. The molecule has 0 amide bonds. The quantitative estimate of drug-likeness (QED) is 0.691. The van der Waals surface area contributed by atoms with Gasteiger partial charge in [-0.25, -0.2) is 0 Å². The Kier molecular flexibility index (Phi) is 6.01. The van der Waals surface area contributed by atoms with Gasteiger partial charge in [0.05, 0.1) is 13.2 Å². The number of alkyl halides is 1. The van der Waals surface area contributed by atoms with Crippen LogP contribution >= 0.6 is 15.9 Å². The summed E-state index contributed by atoms with van der Waals surface area (Å²) in [6.07, 6.45) is 1.25. The fraction of sp³-hybridized carbons (Fsp3) is 1.00. The van der Waals surface area contributed by atoms with Crippen molar-refractivity contribution in [1.29, 1.82) is 0 Å². The van der Waals surface area contributed by atoms with Crippen LogP contribution in [0.4, 0.5) is 0 Å². The Labute approximate surface area is 95.5 Å². The molecular weight excluding hydrogens is 244 g/mol. The van der Waals surface area contributed by atoms with Crippen molar-refractivity contribution in [2.45, 2.75) is 12.5 Å². The van der Waals surface area contributed by atoms with Gasteiger partial charge in [0.15, 0.2) is 0 Å². The molecule has 84 valence electrons. The maximum absolute atomic E-state index is 5.45. The van der Waals surface area contributed by atoms with E-state index in [9.17, 15) is 0 Å². The molecule has 1 atom stereocenters. The predicted molar refractivity (Wildman–Crippen MR) is 63.1 cm³/mol. The predicted octanol–water partition coefficient (Wildman–Crippen LogP) is 1.03. The zero-order valence-electron chi connectivity index (χ0n) is 9.21. The summed E-state index contributed by atoms with van der Waals surface area (Å²) in [5.74, 6) is 0. The van der Waals surface area contributed by atoms with Crippen LogP contribution in [0.15, 0.2) is 0 Å². The van der Waals surface area contributed by atoms with Crippen LogP contribution in [0.3, 0.4) is 0 Å². The molecular formula is C10H21BrN2O. The molecule has 0 radical (unpaired) electrons. The van der Waals surface area contributed by atoms with Crippen LogP contribution in [0.1, 0.15) is 6.42 Å². The van der Waals surface area contributed by atoms with Crippen molar-refractivity contribution in [3.05, 3.63) is 0 Å². The molecule has 3 nitrogen and oxygen atoms in total. The van der Waals surface area contributed by atoms with Crippen molar-refractivity contribution in [2.75, 3.05) is 52.3 Å². The molecule has 0 N–H and O–H groups in total. The molecule has 0 bridgehead atoms. The Balaban J connectivity index is 2.19. The van der Waals surface area contributed by atoms with Gasteiger partial charge in [0.2, 0.25) is 0 Å². The van der Waals surface area contributed by atoms with E-state index in [1.54, 1.807) is 0 Å². The Hall–Kier alpha value is 0.360. The van der Waals surface area contributed by atoms with E-state index < -0.39 is 0 Å². The second kappa shape index (κ2) is 6.77. The highest BCUT2D eigenvalue weighted by Crippen LogP contribution is 2.09. The van der Waals surface area contributed by atoms with E-state index in [0.29, 0.717) is 6.04 Å². The van der Waals surface area contributed by atoms with Crippen molar-refractivity contribution in [2.24, 2.45) is 0 Å². The summed E-state index contributed by atoms with van der Waals surface area (Å²) in [6, 6.07) is 0.575. The zero-order chi connectivity index (χ0) is 10.4. The van der Waals surface area contributed by atoms with Gasteiger partial charge < -0.3 is 9.64 Å². The van der Waals surface area contributed by atoms with Gasteiger partial charge in [0, 0.05) is 17.9 Å². The van der Waals surface area contributed by atoms with Crippen molar-refractivity contribution in [3.63, 3.8) is 0 Å². The molecule has 0 aromatic carbocycles. The smallest absolute Gasteiger partial charge is 0.0630 e. The molecule has 1 aliphatic rings. The summed E-state index contributed by atoms with van der Waals surface area (Å²) in [5.41, 5.74) is 0. The molecule has 1 saturated heterocycles. The third-order valence-corrected chi connectivity index (χ3v) is 3.33. The molecule has 0 aromatic heterocycles. The highest BCUT2D eigenvalue weighted by atomic mass is 79.9. The minimum absolute atomic E-state index is 0.575. The molecule has 4 heteroatoms. The number of halogens is 1. The van der Waals surface area contributed by atoms with E-state index in [-0.39, 0.29) is 0 Å². The number of morpholine rings is 1. The topological polar surface area (TPSA) is 15.7 Å². The lowest BCUT2D eigenvalue weighted by Gasteiger charge is -2.34. The molecule has 14 heavy (non-hydrogen) atoms. The van der Waals surface area contributed by atoms with Gasteiger partial charge in [-0.2, -0.15) is 0 Å². The SMILES string of the molecule is CN(C)CCCN1CCOCC1CBr. The van der Waals surface area contributed by atoms with Crippen LogP contribution in [0.5, 0.6) is 0 Å². The third kappa shape index (κ3) is 4.26. The summed E-state index contributed by atoms with van der Waals surface area (Å²) in [5, 5.41) is 1.02. The Morgan fingerprint density at radius 2 is 2.29 bits per heavy atom. The summed E-state index contributed by atoms with van der Waals surface area (Å²) >= 11 is 3.54. The summed E-state index contributed by atoms with van der Waals surface area (Å²) in [4.78, 5) is 4.77. The molecule has 1 rings (SSSR count). The molecule has 1 heterocycles. The Morgan fingerprint density at radius 1 is 1.50 bits per heavy atom. The molecule has 0 spiro atoms. The van der Waals surface area contributed by atoms with Crippen molar-refractivity contribution >= 4 is 15.9 Å². The Morgan fingerprint density at radius 3 is 2.93 bits per heavy atom. The van der Waals surface area contributed by atoms with Crippen molar-refractivity contribution in [1.82, 2.24) is 9.80 Å². The third-order valence-electron chi connectivity index (χ3n) is 2.58. The minimum atomic E-state index is 0.575. The second-order valence-corrected chi connectivity index (χ2v) is 4.72. The largest absolute Gasteiger partial charge is 0.378 e. The lowest BCUT2D eigenvalue weighted by Crippen LogP contribution is -2.47. The first-order chi connectivity index (χ1) is 6.74. The normalized spacial score (nSPS) is 24.4. The van der Waals surface area contributed by atoms with E-state index in [0.717, 1.165) is 25.1 Å². The van der Waals surface area contributed by atoms with Crippen LogP contribution in [-0.2, 0) is 4.74 Å². The number of rotatable bonds is 5. The number of ether oxygens (including phenoxy) is 1. The molecule has 1 unspecified atom stereocenters. The van der Waals surface area contributed by atoms with Gasteiger partial charge in [-0.15, -0.1) is 0 Å². The van der Waals surface area contributed by atoms with Gasteiger partial charge >= 0.3 is 0 Å². The number of nitrogens with zero attached hydrogens (tertiary/aromatic N) is 2. The maximum atomic E-state index is 5.45. The summed E-state index contributed by atoms with van der Waals surface area (Å²) < 4.78 is 5.45.